The zero-order valence-corrected chi connectivity index (χ0v) is 7.44. The summed E-state index contributed by atoms with van der Waals surface area (Å²) >= 11 is 8.16. The van der Waals surface area contributed by atoms with E-state index in [0.29, 0.717) is 0 Å². The molecule has 0 spiro atoms. The fourth-order valence-electron chi connectivity index (χ4n) is 1.00. The molecule has 10 heavy (non-hydrogen) atoms. The van der Waals surface area contributed by atoms with Gasteiger partial charge in [0.1, 0.15) is 0 Å². The molecule has 1 aliphatic heterocycles. The van der Waals surface area contributed by atoms with Crippen molar-refractivity contribution in [2.75, 3.05) is 6.54 Å². The highest BCUT2D eigenvalue weighted by atomic mass is 32.1. The number of carbonyl (C=O) groups excluding carboxylic acids is 1. The lowest BCUT2D eigenvalue weighted by Crippen LogP contribution is -2.27. The molecule has 0 saturated carbocycles. The van der Waals surface area contributed by atoms with Gasteiger partial charge >= 0.3 is 0 Å². The van der Waals surface area contributed by atoms with Crippen LogP contribution in [-0.4, -0.2) is 22.0 Å². The topological polar surface area (TPSA) is 20.3 Å². The Morgan fingerprint density at radius 1 is 1.50 bits per heavy atom. The summed E-state index contributed by atoms with van der Waals surface area (Å²) in [4.78, 5) is 11.1. The number of carbonyl (C=O) groups is 1. The summed E-state index contributed by atoms with van der Waals surface area (Å²) in [7, 11) is 0. The van der Waals surface area contributed by atoms with Gasteiger partial charge in [0.05, 0.1) is 5.25 Å². The molecule has 0 N–H and O–H groups in total. The number of rotatable bonds is 0. The predicted molar refractivity (Wildman–Crippen MR) is 47.3 cm³/mol. The Balaban J connectivity index is 2.55. The van der Waals surface area contributed by atoms with Crippen molar-refractivity contribution in [3.63, 3.8) is 0 Å². The second-order valence-electron chi connectivity index (χ2n) is 2.47. The van der Waals surface area contributed by atoms with Crippen LogP contribution in [0.3, 0.4) is 0 Å². The molecule has 0 radical (unpaired) electrons. The second-order valence-corrected chi connectivity index (χ2v) is 3.58. The Morgan fingerprint density at radius 3 is 2.90 bits per heavy atom. The third-order valence-electron chi connectivity index (χ3n) is 1.64. The molecule has 1 unspecified atom stereocenters. The molecule has 1 fully saturated rings. The zero-order valence-electron chi connectivity index (χ0n) is 5.66. The van der Waals surface area contributed by atoms with Crippen LogP contribution in [0.4, 0.5) is 0 Å². The van der Waals surface area contributed by atoms with Gasteiger partial charge in [-0.1, -0.05) is 19.2 Å². The van der Waals surface area contributed by atoms with Crippen LogP contribution >= 0.6 is 25.4 Å². The summed E-state index contributed by atoms with van der Waals surface area (Å²) in [6, 6.07) is 0. The average molecular weight is 177 g/mol. The molecule has 1 saturated heterocycles. The van der Waals surface area contributed by atoms with Crippen molar-refractivity contribution >= 4 is 31.4 Å². The van der Waals surface area contributed by atoms with Gasteiger partial charge < -0.3 is 0 Å². The van der Waals surface area contributed by atoms with Gasteiger partial charge in [0.15, 0.2) is 0 Å². The van der Waals surface area contributed by atoms with Crippen LogP contribution < -0.4 is 0 Å². The molecule has 58 valence electrons. The molecule has 0 bridgehead atoms. The fourth-order valence-corrected chi connectivity index (χ4v) is 1.70. The lowest BCUT2D eigenvalue weighted by Gasteiger charge is -2.13. The molecule has 1 heterocycles. The lowest BCUT2D eigenvalue weighted by molar-refractivity contribution is -0.125. The van der Waals surface area contributed by atoms with Crippen LogP contribution in [0.5, 0.6) is 0 Å². The van der Waals surface area contributed by atoms with E-state index in [2.05, 4.69) is 25.4 Å². The molecule has 1 rings (SSSR count). The standard InChI is InChI=1S/C6H11NOS2/c8-6-5(9)3-1-2-4-7(6)10/h5,9-10H,1-4H2. The first-order valence-electron chi connectivity index (χ1n) is 3.40. The smallest absolute Gasteiger partial charge is 0.245 e. The number of hydrogen-bond acceptors (Lipinski definition) is 3. The van der Waals surface area contributed by atoms with Crippen molar-refractivity contribution in [2.24, 2.45) is 0 Å². The lowest BCUT2D eigenvalue weighted by atomic mass is 10.2. The molecule has 4 heteroatoms. The quantitative estimate of drug-likeness (QED) is 0.532. The fraction of sp³-hybridized carbons (Fsp3) is 0.833. The van der Waals surface area contributed by atoms with E-state index in [9.17, 15) is 4.79 Å². The van der Waals surface area contributed by atoms with Gasteiger partial charge in [0, 0.05) is 6.54 Å². The molecular weight excluding hydrogens is 166 g/mol. The van der Waals surface area contributed by atoms with Crippen molar-refractivity contribution < 1.29 is 4.79 Å². The van der Waals surface area contributed by atoms with Crippen molar-refractivity contribution in [1.29, 1.82) is 0 Å². The van der Waals surface area contributed by atoms with Gasteiger partial charge in [-0.3, -0.25) is 9.10 Å². The summed E-state index contributed by atoms with van der Waals surface area (Å²) in [5.74, 6) is 0.0455. The number of nitrogens with zero attached hydrogens (tertiary/aromatic N) is 1. The Labute approximate surface area is 71.9 Å². The molecule has 1 aliphatic rings. The van der Waals surface area contributed by atoms with Crippen LogP contribution in [0.25, 0.3) is 0 Å². The zero-order chi connectivity index (χ0) is 7.56. The van der Waals surface area contributed by atoms with E-state index in [0.717, 1.165) is 25.8 Å². The summed E-state index contributed by atoms with van der Waals surface area (Å²) in [5.41, 5.74) is 0. The summed E-state index contributed by atoms with van der Waals surface area (Å²) in [5, 5.41) is -0.125. The summed E-state index contributed by atoms with van der Waals surface area (Å²) in [6.07, 6.45) is 3.02. The monoisotopic (exact) mass is 177 g/mol. The van der Waals surface area contributed by atoms with Crippen molar-refractivity contribution in [2.45, 2.75) is 24.5 Å². The number of thiol groups is 2. The van der Waals surface area contributed by atoms with Crippen molar-refractivity contribution in [3.8, 4) is 0 Å². The van der Waals surface area contributed by atoms with E-state index >= 15 is 0 Å². The third kappa shape index (κ3) is 1.83. The molecular formula is C6H11NOS2. The van der Waals surface area contributed by atoms with E-state index in [-0.39, 0.29) is 11.2 Å². The molecule has 0 aromatic rings. The SMILES string of the molecule is O=C1C(S)CCCCN1S. The first-order chi connectivity index (χ1) is 4.72. The Morgan fingerprint density at radius 2 is 2.20 bits per heavy atom. The van der Waals surface area contributed by atoms with Gasteiger partial charge in [-0.15, -0.1) is 0 Å². The first kappa shape index (κ1) is 8.27. The van der Waals surface area contributed by atoms with Crippen LogP contribution in [0.2, 0.25) is 0 Å². The second kappa shape index (κ2) is 3.53. The Kier molecular flexibility index (Phi) is 2.92. The number of hydrogen-bond donors (Lipinski definition) is 2. The molecule has 0 aromatic heterocycles. The van der Waals surface area contributed by atoms with Crippen molar-refractivity contribution in [1.82, 2.24) is 4.31 Å². The largest absolute Gasteiger partial charge is 0.288 e. The van der Waals surface area contributed by atoms with Crippen LogP contribution in [-0.2, 0) is 4.79 Å². The van der Waals surface area contributed by atoms with Gasteiger partial charge in [-0.2, -0.15) is 12.6 Å². The Bertz CT molecular complexity index is 126. The van der Waals surface area contributed by atoms with Gasteiger partial charge in [-0.05, 0) is 12.8 Å². The maximum Gasteiger partial charge on any atom is 0.245 e. The van der Waals surface area contributed by atoms with Gasteiger partial charge in [0.2, 0.25) is 5.91 Å². The van der Waals surface area contributed by atoms with E-state index in [1.807, 2.05) is 0 Å². The summed E-state index contributed by atoms with van der Waals surface area (Å²) in [6.45, 7) is 0.763. The third-order valence-corrected chi connectivity index (χ3v) is 2.51. The van der Waals surface area contributed by atoms with Crippen LogP contribution in [0, 0.1) is 0 Å². The van der Waals surface area contributed by atoms with E-state index in [1.165, 1.54) is 4.31 Å². The minimum Gasteiger partial charge on any atom is -0.288 e. The highest BCUT2D eigenvalue weighted by molar-refractivity contribution is 7.82. The molecule has 1 amide bonds. The van der Waals surface area contributed by atoms with Crippen LogP contribution in [0.15, 0.2) is 0 Å². The molecule has 1 atom stereocenters. The maximum atomic E-state index is 11.1. The van der Waals surface area contributed by atoms with Gasteiger partial charge in [0.25, 0.3) is 0 Å². The number of amides is 1. The minimum absolute atomic E-state index is 0.0455. The first-order valence-corrected chi connectivity index (χ1v) is 4.32. The predicted octanol–water partition coefficient (Wildman–Crippen LogP) is 1.14. The van der Waals surface area contributed by atoms with Crippen LogP contribution in [0.1, 0.15) is 19.3 Å². The molecule has 0 aromatic carbocycles. The molecule has 0 aliphatic carbocycles. The maximum absolute atomic E-state index is 11.1. The van der Waals surface area contributed by atoms with E-state index in [1.54, 1.807) is 0 Å². The highest BCUT2D eigenvalue weighted by Crippen LogP contribution is 2.16. The summed E-state index contributed by atoms with van der Waals surface area (Å²) < 4.78 is 1.46. The average Bonchev–Trinajstić information content (AvgIpc) is 2.04. The normalized spacial score (nSPS) is 28.4. The molecule has 2 nitrogen and oxygen atoms in total. The minimum atomic E-state index is -0.125. The highest BCUT2D eigenvalue weighted by Gasteiger charge is 2.21. The van der Waals surface area contributed by atoms with E-state index in [4.69, 9.17) is 0 Å². The Hall–Kier alpha value is 0.170. The van der Waals surface area contributed by atoms with Gasteiger partial charge in [-0.25, -0.2) is 0 Å². The van der Waals surface area contributed by atoms with Crippen molar-refractivity contribution in [3.05, 3.63) is 0 Å². The van der Waals surface area contributed by atoms with E-state index < -0.39 is 0 Å².